The number of ether oxygens (including phenoxy) is 1. The lowest BCUT2D eigenvalue weighted by molar-refractivity contribution is -0.114. The maximum atomic E-state index is 12.6. The van der Waals surface area contributed by atoms with Crippen LogP contribution in [0.2, 0.25) is 0 Å². The highest BCUT2D eigenvalue weighted by Gasteiger charge is 2.18. The van der Waals surface area contributed by atoms with Crippen LogP contribution in [0.3, 0.4) is 0 Å². The van der Waals surface area contributed by atoms with Gasteiger partial charge in [0.25, 0.3) is 5.91 Å². The van der Waals surface area contributed by atoms with Crippen LogP contribution in [0.25, 0.3) is 0 Å². The van der Waals surface area contributed by atoms with Crippen LogP contribution in [-0.2, 0) is 4.79 Å². The quantitative estimate of drug-likeness (QED) is 0.739. The number of amides is 2. The summed E-state index contributed by atoms with van der Waals surface area (Å²) in [6, 6.07) is 14.7. The van der Waals surface area contributed by atoms with Crippen molar-refractivity contribution in [3.63, 3.8) is 0 Å². The second-order valence-corrected chi connectivity index (χ2v) is 7.53. The Labute approximate surface area is 172 Å². The van der Waals surface area contributed by atoms with Crippen LogP contribution < -0.4 is 15.4 Å². The van der Waals surface area contributed by atoms with Gasteiger partial charge >= 0.3 is 0 Å². The van der Waals surface area contributed by atoms with Crippen molar-refractivity contribution in [3.05, 3.63) is 54.1 Å². The van der Waals surface area contributed by atoms with E-state index in [1.54, 1.807) is 24.3 Å². The van der Waals surface area contributed by atoms with E-state index in [-0.39, 0.29) is 24.5 Å². The van der Waals surface area contributed by atoms with E-state index < -0.39 is 0 Å². The molecule has 29 heavy (non-hydrogen) atoms. The van der Waals surface area contributed by atoms with E-state index in [0.717, 1.165) is 37.4 Å². The summed E-state index contributed by atoms with van der Waals surface area (Å²) in [6.07, 6.45) is 3.38. The van der Waals surface area contributed by atoms with Gasteiger partial charge in [0.1, 0.15) is 5.75 Å². The van der Waals surface area contributed by atoms with Gasteiger partial charge in [-0.15, -0.1) is 0 Å². The number of carbonyl (C=O) groups is 2. The lowest BCUT2D eigenvalue weighted by Gasteiger charge is -2.26. The number of carbonyl (C=O) groups excluding carboxylic acids is 2. The molecule has 2 N–H and O–H groups in total. The van der Waals surface area contributed by atoms with Crippen molar-refractivity contribution in [2.45, 2.75) is 39.2 Å². The number of nitrogens with zero attached hydrogens (tertiary/aromatic N) is 1. The maximum absolute atomic E-state index is 12.6. The lowest BCUT2D eigenvalue weighted by atomic mass is 10.1. The Morgan fingerprint density at radius 3 is 2.48 bits per heavy atom. The third kappa shape index (κ3) is 6.24. The highest BCUT2D eigenvalue weighted by Crippen LogP contribution is 2.19. The number of piperidine rings is 1. The molecule has 2 amide bonds. The molecule has 0 unspecified atom stereocenters. The predicted molar refractivity (Wildman–Crippen MR) is 116 cm³/mol. The van der Waals surface area contributed by atoms with Crippen molar-refractivity contribution in [3.8, 4) is 5.75 Å². The lowest BCUT2D eigenvalue weighted by Crippen LogP contribution is -2.35. The number of likely N-dealkylation sites (tertiary alicyclic amines) is 1. The number of anilines is 2. The van der Waals surface area contributed by atoms with Crippen molar-refractivity contribution in [2.24, 2.45) is 0 Å². The summed E-state index contributed by atoms with van der Waals surface area (Å²) in [4.78, 5) is 26.9. The normalized spacial score (nSPS) is 13.8. The summed E-state index contributed by atoms with van der Waals surface area (Å²) in [6.45, 7) is 5.67. The van der Waals surface area contributed by atoms with E-state index in [2.05, 4.69) is 10.6 Å². The van der Waals surface area contributed by atoms with Gasteiger partial charge in [0.15, 0.2) is 0 Å². The molecular weight excluding hydrogens is 366 g/mol. The zero-order chi connectivity index (χ0) is 20.6. The smallest absolute Gasteiger partial charge is 0.253 e. The van der Waals surface area contributed by atoms with Crippen LogP contribution >= 0.6 is 0 Å². The van der Waals surface area contributed by atoms with Crippen molar-refractivity contribution < 1.29 is 14.3 Å². The minimum absolute atomic E-state index is 0.0286. The Morgan fingerprint density at radius 1 is 1.00 bits per heavy atom. The minimum atomic E-state index is -0.178. The number of rotatable bonds is 7. The van der Waals surface area contributed by atoms with E-state index in [4.69, 9.17) is 4.74 Å². The number of hydrogen-bond donors (Lipinski definition) is 2. The molecule has 0 radical (unpaired) electrons. The molecule has 0 atom stereocenters. The third-order valence-electron chi connectivity index (χ3n) is 4.70. The van der Waals surface area contributed by atoms with Gasteiger partial charge in [0, 0.05) is 36.1 Å². The van der Waals surface area contributed by atoms with Gasteiger partial charge in [0.05, 0.1) is 12.6 Å². The molecular formula is C23H29N3O3. The topological polar surface area (TPSA) is 70.7 Å². The predicted octanol–water partition coefficient (Wildman–Crippen LogP) is 4.15. The van der Waals surface area contributed by atoms with Crippen molar-refractivity contribution in [1.82, 2.24) is 4.90 Å². The SMILES string of the molecule is CC(C)Oc1cccc(NCC(=O)Nc2cccc(C(=O)N3CCCCC3)c2)c1. The molecule has 1 aliphatic rings. The summed E-state index contributed by atoms with van der Waals surface area (Å²) in [5.41, 5.74) is 2.04. The van der Waals surface area contributed by atoms with Crippen molar-refractivity contribution in [1.29, 1.82) is 0 Å². The molecule has 154 valence electrons. The molecule has 1 saturated heterocycles. The second kappa shape index (κ2) is 9.96. The van der Waals surface area contributed by atoms with Crippen molar-refractivity contribution >= 4 is 23.2 Å². The molecule has 3 rings (SSSR count). The first kappa shape index (κ1) is 20.7. The average Bonchev–Trinajstić information content (AvgIpc) is 2.72. The van der Waals surface area contributed by atoms with Gasteiger partial charge in [-0.3, -0.25) is 9.59 Å². The van der Waals surface area contributed by atoms with Gasteiger partial charge in [0.2, 0.25) is 5.91 Å². The minimum Gasteiger partial charge on any atom is -0.491 e. The largest absolute Gasteiger partial charge is 0.491 e. The summed E-state index contributed by atoms with van der Waals surface area (Å²) < 4.78 is 5.67. The van der Waals surface area contributed by atoms with Gasteiger partial charge in [-0.25, -0.2) is 0 Å². The molecule has 0 bridgehead atoms. The molecule has 1 aliphatic heterocycles. The van der Waals surface area contributed by atoms with Crippen LogP contribution in [0.1, 0.15) is 43.5 Å². The monoisotopic (exact) mass is 395 g/mol. The van der Waals surface area contributed by atoms with Crippen LogP contribution in [0.4, 0.5) is 11.4 Å². The highest BCUT2D eigenvalue weighted by molar-refractivity contribution is 5.98. The highest BCUT2D eigenvalue weighted by atomic mass is 16.5. The van der Waals surface area contributed by atoms with Crippen LogP contribution in [-0.4, -0.2) is 42.5 Å². The summed E-state index contributed by atoms with van der Waals surface area (Å²) in [5, 5.41) is 5.95. The Kier molecular flexibility index (Phi) is 7.11. The number of benzene rings is 2. The molecule has 2 aromatic carbocycles. The van der Waals surface area contributed by atoms with Crippen molar-refractivity contribution in [2.75, 3.05) is 30.3 Å². The molecule has 1 heterocycles. The number of hydrogen-bond acceptors (Lipinski definition) is 4. The fraction of sp³-hybridized carbons (Fsp3) is 0.391. The van der Waals surface area contributed by atoms with E-state index in [1.165, 1.54) is 6.42 Å². The Morgan fingerprint density at radius 2 is 1.72 bits per heavy atom. The molecule has 0 aliphatic carbocycles. The first-order chi connectivity index (χ1) is 14.0. The van der Waals surface area contributed by atoms with Gasteiger partial charge in [-0.2, -0.15) is 0 Å². The standard InChI is InChI=1S/C23H29N3O3/c1-17(2)29-21-11-7-9-19(15-21)24-16-22(27)25-20-10-6-8-18(14-20)23(28)26-12-4-3-5-13-26/h6-11,14-15,17,24H,3-5,12-13,16H2,1-2H3,(H,25,27). The first-order valence-electron chi connectivity index (χ1n) is 10.2. The Bertz CT molecular complexity index is 845. The van der Waals surface area contributed by atoms with Crippen LogP contribution in [0, 0.1) is 0 Å². The zero-order valence-corrected chi connectivity index (χ0v) is 17.1. The van der Waals surface area contributed by atoms with E-state index in [9.17, 15) is 9.59 Å². The molecule has 6 heteroatoms. The Hall–Kier alpha value is -3.02. The van der Waals surface area contributed by atoms with Crippen LogP contribution in [0.5, 0.6) is 5.75 Å². The fourth-order valence-electron chi connectivity index (χ4n) is 3.35. The van der Waals surface area contributed by atoms with Crippen LogP contribution in [0.15, 0.2) is 48.5 Å². The summed E-state index contributed by atoms with van der Waals surface area (Å²) in [5.74, 6) is 0.609. The van der Waals surface area contributed by atoms with Gasteiger partial charge in [-0.1, -0.05) is 12.1 Å². The maximum Gasteiger partial charge on any atom is 0.253 e. The third-order valence-corrected chi connectivity index (χ3v) is 4.70. The zero-order valence-electron chi connectivity index (χ0n) is 17.1. The first-order valence-corrected chi connectivity index (χ1v) is 10.2. The van der Waals surface area contributed by atoms with E-state index in [1.807, 2.05) is 43.0 Å². The van der Waals surface area contributed by atoms with E-state index in [0.29, 0.717) is 11.3 Å². The molecule has 0 aromatic heterocycles. The van der Waals surface area contributed by atoms with E-state index >= 15 is 0 Å². The summed E-state index contributed by atoms with van der Waals surface area (Å²) >= 11 is 0. The Balaban J connectivity index is 1.55. The average molecular weight is 396 g/mol. The van der Waals surface area contributed by atoms with Gasteiger partial charge < -0.3 is 20.3 Å². The molecule has 6 nitrogen and oxygen atoms in total. The molecule has 1 fully saturated rings. The molecule has 0 spiro atoms. The summed E-state index contributed by atoms with van der Waals surface area (Å²) in [7, 11) is 0. The molecule has 2 aromatic rings. The number of nitrogens with one attached hydrogen (secondary N) is 2. The molecule has 0 saturated carbocycles. The second-order valence-electron chi connectivity index (χ2n) is 7.53. The van der Waals surface area contributed by atoms with Gasteiger partial charge in [-0.05, 0) is 63.4 Å². The fourth-order valence-corrected chi connectivity index (χ4v) is 3.35.